The Balaban J connectivity index is 2.03. The molecule has 0 amide bonds. The Hall–Kier alpha value is -2.10. The highest BCUT2D eigenvalue weighted by Gasteiger charge is 2.27. The summed E-state index contributed by atoms with van der Waals surface area (Å²) in [6.07, 6.45) is 3.40. The lowest BCUT2D eigenvalue weighted by Crippen LogP contribution is -2.18. The molecule has 2 heterocycles. The zero-order valence-electron chi connectivity index (χ0n) is 11.6. The molecule has 1 N–H and O–H groups in total. The number of aromatic amines is 1. The van der Waals surface area contributed by atoms with Gasteiger partial charge in [-0.1, -0.05) is 25.1 Å². The van der Waals surface area contributed by atoms with Gasteiger partial charge in [-0.05, 0) is 24.5 Å². The standard InChI is InChI=1S/C16H18N2O2/c1-2-9-20-16(19)13-10-17-8-7-12-11-5-3-4-6-14(11)18-15(12)13/h3-6,10,13,18H,2,7-9H2,1H3. The first-order chi connectivity index (χ1) is 9.81. The van der Waals surface area contributed by atoms with Crippen LogP contribution in [0.5, 0.6) is 0 Å². The number of carbonyl (C=O) groups excluding carboxylic acids is 1. The summed E-state index contributed by atoms with van der Waals surface area (Å²) in [7, 11) is 0. The van der Waals surface area contributed by atoms with Crippen molar-refractivity contribution in [3.05, 3.63) is 35.5 Å². The first kappa shape index (κ1) is 12.9. The molecular weight excluding hydrogens is 252 g/mol. The summed E-state index contributed by atoms with van der Waals surface area (Å²) in [5.74, 6) is -0.628. The Morgan fingerprint density at radius 1 is 1.45 bits per heavy atom. The third-order valence-corrected chi connectivity index (χ3v) is 3.61. The summed E-state index contributed by atoms with van der Waals surface area (Å²) < 4.78 is 5.29. The number of aliphatic imine (C=N–C) groups is 1. The van der Waals surface area contributed by atoms with Crippen LogP contribution in [-0.4, -0.2) is 30.3 Å². The molecule has 2 aromatic rings. The maximum absolute atomic E-state index is 12.2. The fourth-order valence-corrected chi connectivity index (χ4v) is 2.66. The van der Waals surface area contributed by atoms with E-state index in [1.54, 1.807) is 6.21 Å². The van der Waals surface area contributed by atoms with E-state index in [1.165, 1.54) is 10.9 Å². The molecule has 0 spiro atoms. The molecule has 20 heavy (non-hydrogen) atoms. The van der Waals surface area contributed by atoms with Crippen LogP contribution in [0, 0.1) is 0 Å². The van der Waals surface area contributed by atoms with Gasteiger partial charge in [0.25, 0.3) is 0 Å². The molecule has 3 rings (SSSR count). The predicted molar refractivity (Wildman–Crippen MR) is 79.4 cm³/mol. The van der Waals surface area contributed by atoms with Gasteiger partial charge in [0.15, 0.2) is 0 Å². The Labute approximate surface area is 117 Å². The number of fused-ring (bicyclic) bond motifs is 3. The molecule has 1 aliphatic heterocycles. The third kappa shape index (κ3) is 2.22. The normalized spacial score (nSPS) is 17.8. The van der Waals surface area contributed by atoms with Gasteiger partial charge in [-0.15, -0.1) is 0 Å². The minimum Gasteiger partial charge on any atom is -0.465 e. The number of esters is 1. The molecule has 0 radical (unpaired) electrons. The zero-order chi connectivity index (χ0) is 13.9. The molecule has 0 bridgehead atoms. The molecule has 0 saturated carbocycles. The second-order valence-electron chi connectivity index (χ2n) is 5.01. The number of hydrogen-bond donors (Lipinski definition) is 1. The second kappa shape index (κ2) is 5.49. The number of aromatic nitrogens is 1. The van der Waals surface area contributed by atoms with Gasteiger partial charge in [0.1, 0.15) is 5.92 Å². The molecule has 104 valence electrons. The minimum atomic E-state index is -0.411. The molecule has 1 aromatic carbocycles. The molecule has 4 nitrogen and oxygen atoms in total. The molecule has 1 aliphatic rings. The Kier molecular flexibility index (Phi) is 3.54. The van der Waals surface area contributed by atoms with Gasteiger partial charge in [0.2, 0.25) is 0 Å². The molecule has 0 aliphatic carbocycles. The summed E-state index contributed by atoms with van der Waals surface area (Å²) in [6, 6.07) is 8.14. The summed E-state index contributed by atoms with van der Waals surface area (Å²) >= 11 is 0. The number of carbonyl (C=O) groups is 1. The van der Waals surface area contributed by atoms with Crippen molar-refractivity contribution in [3.63, 3.8) is 0 Å². The number of ether oxygens (including phenoxy) is 1. The van der Waals surface area contributed by atoms with E-state index in [0.29, 0.717) is 13.2 Å². The van der Waals surface area contributed by atoms with Crippen molar-refractivity contribution >= 4 is 23.1 Å². The van der Waals surface area contributed by atoms with Crippen LogP contribution in [0.25, 0.3) is 10.9 Å². The quantitative estimate of drug-likeness (QED) is 0.872. The average molecular weight is 270 g/mol. The molecule has 1 atom stereocenters. The van der Waals surface area contributed by atoms with Gasteiger partial charge in [0.05, 0.1) is 6.61 Å². The molecule has 1 unspecified atom stereocenters. The van der Waals surface area contributed by atoms with E-state index in [-0.39, 0.29) is 5.97 Å². The van der Waals surface area contributed by atoms with Crippen LogP contribution in [0.1, 0.15) is 30.5 Å². The van der Waals surface area contributed by atoms with Gasteiger partial charge < -0.3 is 9.72 Å². The van der Waals surface area contributed by atoms with Crippen LogP contribution in [0.4, 0.5) is 0 Å². The summed E-state index contributed by atoms with van der Waals surface area (Å²) in [5, 5.41) is 1.18. The Morgan fingerprint density at radius 2 is 2.30 bits per heavy atom. The van der Waals surface area contributed by atoms with E-state index in [1.807, 2.05) is 25.1 Å². The number of para-hydroxylation sites is 1. The van der Waals surface area contributed by atoms with Gasteiger partial charge >= 0.3 is 5.97 Å². The van der Waals surface area contributed by atoms with E-state index in [4.69, 9.17) is 4.74 Å². The van der Waals surface area contributed by atoms with Gasteiger partial charge in [0, 0.05) is 29.4 Å². The third-order valence-electron chi connectivity index (χ3n) is 3.61. The van der Waals surface area contributed by atoms with Crippen molar-refractivity contribution in [1.82, 2.24) is 4.98 Å². The maximum Gasteiger partial charge on any atom is 0.320 e. The predicted octanol–water partition coefficient (Wildman–Crippen LogP) is 2.83. The Morgan fingerprint density at radius 3 is 3.15 bits per heavy atom. The van der Waals surface area contributed by atoms with E-state index >= 15 is 0 Å². The topological polar surface area (TPSA) is 54.4 Å². The van der Waals surface area contributed by atoms with Crippen molar-refractivity contribution < 1.29 is 9.53 Å². The van der Waals surface area contributed by atoms with E-state index in [9.17, 15) is 4.79 Å². The van der Waals surface area contributed by atoms with Crippen molar-refractivity contribution in [1.29, 1.82) is 0 Å². The first-order valence-electron chi connectivity index (χ1n) is 7.07. The van der Waals surface area contributed by atoms with Crippen LogP contribution < -0.4 is 0 Å². The van der Waals surface area contributed by atoms with Gasteiger partial charge in [-0.25, -0.2) is 0 Å². The number of rotatable bonds is 3. The highest BCUT2D eigenvalue weighted by Crippen LogP contribution is 2.30. The highest BCUT2D eigenvalue weighted by molar-refractivity contribution is 5.99. The van der Waals surface area contributed by atoms with E-state index < -0.39 is 5.92 Å². The van der Waals surface area contributed by atoms with Crippen LogP contribution in [0.15, 0.2) is 29.3 Å². The first-order valence-corrected chi connectivity index (χ1v) is 7.07. The average Bonchev–Trinajstić information content (AvgIpc) is 2.70. The number of hydrogen-bond acceptors (Lipinski definition) is 3. The fourth-order valence-electron chi connectivity index (χ4n) is 2.66. The van der Waals surface area contributed by atoms with Crippen molar-refractivity contribution in [3.8, 4) is 0 Å². The molecule has 1 aromatic heterocycles. The smallest absolute Gasteiger partial charge is 0.320 e. The lowest BCUT2D eigenvalue weighted by molar-refractivity contribution is -0.143. The number of benzene rings is 1. The van der Waals surface area contributed by atoms with E-state index in [0.717, 1.165) is 24.1 Å². The molecule has 4 heteroatoms. The minimum absolute atomic E-state index is 0.217. The van der Waals surface area contributed by atoms with E-state index in [2.05, 4.69) is 16.0 Å². The molecular formula is C16H18N2O2. The SMILES string of the molecule is CCCOC(=O)C1C=NCCc2c1[nH]c1ccccc21. The van der Waals surface area contributed by atoms with Crippen LogP contribution >= 0.6 is 0 Å². The number of nitrogens with one attached hydrogen (secondary N) is 1. The van der Waals surface area contributed by atoms with Gasteiger partial charge in [-0.2, -0.15) is 0 Å². The number of H-pyrrole nitrogens is 1. The van der Waals surface area contributed by atoms with Crippen LogP contribution in [0.3, 0.4) is 0 Å². The lowest BCUT2D eigenvalue weighted by atomic mass is 10.0. The largest absolute Gasteiger partial charge is 0.465 e. The molecule has 0 fully saturated rings. The summed E-state index contributed by atoms with van der Waals surface area (Å²) in [4.78, 5) is 19.9. The lowest BCUT2D eigenvalue weighted by Gasteiger charge is -2.10. The summed E-state index contributed by atoms with van der Waals surface area (Å²) in [6.45, 7) is 3.16. The monoisotopic (exact) mass is 270 g/mol. The van der Waals surface area contributed by atoms with Crippen molar-refractivity contribution in [2.45, 2.75) is 25.7 Å². The molecule has 0 saturated heterocycles. The second-order valence-corrected chi connectivity index (χ2v) is 5.01. The highest BCUT2D eigenvalue weighted by atomic mass is 16.5. The van der Waals surface area contributed by atoms with Gasteiger partial charge in [-0.3, -0.25) is 9.79 Å². The van der Waals surface area contributed by atoms with Crippen LogP contribution in [-0.2, 0) is 16.0 Å². The van der Waals surface area contributed by atoms with Crippen molar-refractivity contribution in [2.24, 2.45) is 4.99 Å². The fraction of sp³-hybridized carbons (Fsp3) is 0.375. The zero-order valence-corrected chi connectivity index (χ0v) is 11.6. The maximum atomic E-state index is 12.2. The Bertz CT molecular complexity index is 658. The number of nitrogens with zero attached hydrogens (tertiary/aromatic N) is 1. The van der Waals surface area contributed by atoms with Crippen LogP contribution in [0.2, 0.25) is 0 Å². The summed E-state index contributed by atoms with van der Waals surface area (Å²) in [5.41, 5.74) is 3.20. The van der Waals surface area contributed by atoms with Crippen molar-refractivity contribution in [2.75, 3.05) is 13.2 Å².